The number of aromatic nitrogens is 1. The van der Waals surface area contributed by atoms with Crippen molar-refractivity contribution in [2.24, 2.45) is 0 Å². The number of pyridine rings is 1. The highest BCUT2D eigenvalue weighted by Gasteiger charge is 2.23. The summed E-state index contributed by atoms with van der Waals surface area (Å²) in [6, 6.07) is 9.05. The van der Waals surface area contributed by atoms with E-state index in [1.54, 1.807) is 4.57 Å². The van der Waals surface area contributed by atoms with Gasteiger partial charge in [0.25, 0.3) is 11.5 Å². The van der Waals surface area contributed by atoms with Crippen molar-refractivity contribution in [1.29, 1.82) is 0 Å². The van der Waals surface area contributed by atoms with Crippen molar-refractivity contribution >= 4 is 11.6 Å². The molecule has 1 aliphatic rings. The molecule has 5 nitrogen and oxygen atoms in total. The Labute approximate surface area is 141 Å². The Balaban J connectivity index is 2.07. The number of benzene rings is 1. The Morgan fingerprint density at radius 2 is 2.00 bits per heavy atom. The minimum Gasteiger partial charge on any atom is -0.496 e. The van der Waals surface area contributed by atoms with Gasteiger partial charge < -0.3 is 14.6 Å². The van der Waals surface area contributed by atoms with E-state index in [1.165, 1.54) is 13.2 Å². The first-order valence-corrected chi connectivity index (χ1v) is 8.29. The molecule has 1 amide bonds. The van der Waals surface area contributed by atoms with Crippen LogP contribution in [0.15, 0.2) is 35.1 Å². The molecule has 0 aliphatic carbocycles. The average Bonchev–Trinajstić information content (AvgIpc) is 2.83. The van der Waals surface area contributed by atoms with E-state index in [9.17, 15) is 9.59 Å². The number of carbonyl (C=O) groups is 1. The highest BCUT2D eigenvalue weighted by molar-refractivity contribution is 6.07. The molecule has 0 saturated carbocycles. The lowest BCUT2D eigenvalue weighted by Gasteiger charge is -2.18. The van der Waals surface area contributed by atoms with Gasteiger partial charge in [0.2, 0.25) is 0 Å². The third-order valence-electron chi connectivity index (χ3n) is 4.52. The molecule has 5 heteroatoms. The Morgan fingerprint density at radius 1 is 1.21 bits per heavy atom. The molecule has 0 saturated heterocycles. The van der Waals surface area contributed by atoms with Crippen LogP contribution in [0.25, 0.3) is 0 Å². The second-order valence-electron chi connectivity index (χ2n) is 6.10. The maximum atomic E-state index is 12.9. The lowest BCUT2D eigenvalue weighted by atomic mass is 10.1. The van der Waals surface area contributed by atoms with Gasteiger partial charge in [0.15, 0.2) is 0 Å². The summed E-state index contributed by atoms with van der Waals surface area (Å²) < 4.78 is 7.07. The van der Waals surface area contributed by atoms with E-state index in [-0.39, 0.29) is 11.5 Å². The number of methoxy groups -OCH3 is 1. The van der Waals surface area contributed by atoms with E-state index in [4.69, 9.17) is 4.74 Å². The van der Waals surface area contributed by atoms with Gasteiger partial charge in [0, 0.05) is 24.0 Å². The lowest BCUT2D eigenvalue weighted by Crippen LogP contribution is -2.27. The van der Waals surface area contributed by atoms with Crippen LogP contribution in [0.5, 0.6) is 5.75 Å². The summed E-state index contributed by atoms with van der Waals surface area (Å²) >= 11 is 0. The first-order valence-electron chi connectivity index (χ1n) is 8.29. The predicted molar refractivity (Wildman–Crippen MR) is 93.9 cm³/mol. The molecule has 1 N–H and O–H groups in total. The zero-order chi connectivity index (χ0) is 17.1. The van der Waals surface area contributed by atoms with Crippen LogP contribution in [0.2, 0.25) is 0 Å². The molecule has 0 unspecified atom stereocenters. The molecule has 2 aromatic rings. The quantitative estimate of drug-likeness (QED) is 0.942. The molecule has 0 fully saturated rings. The van der Waals surface area contributed by atoms with Gasteiger partial charge in [-0.15, -0.1) is 0 Å². The van der Waals surface area contributed by atoms with Crippen LogP contribution in [0.1, 0.15) is 40.9 Å². The second kappa shape index (κ2) is 6.91. The molecule has 126 valence electrons. The van der Waals surface area contributed by atoms with E-state index < -0.39 is 0 Å². The third kappa shape index (κ3) is 3.07. The van der Waals surface area contributed by atoms with Crippen molar-refractivity contribution in [3.63, 3.8) is 0 Å². The van der Waals surface area contributed by atoms with Gasteiger partial charge in [-0.3, -0.25) is 9.59 Å². The summed E-state index contributed by atoms with van der Waals surface area (Å²) in [5, 5.41) is 2.96. The standard InChI is InChI=1S/C19H22N2O3/c1-13-8-5-6-9-14(13)20-19(23)18-15-10-4-3-7-11-21(15)17(22)12-16(18)24-2/h5-6,8-9,12H,3-4,7,10-11H2,1-2H3,(H,20,23). The van der Waals surface area contributed by atoms with Gasteiger partial charge in [0.05, 0.1) is 7.11 Å². The van der Waals surface area contributed by atoms with Gasteiger partial charge in [-0.25, -0.2) is 0 Å². The molecule has 0 atom stereocenters. The predicted octanol–water partition coefficient (Wildman–Crippen LogP) is 3.14. The van der Waals surface area contributed by atoms with Crippen LogP contribution >= 0.6 is 0 Å². The van der Waals surface area contributed by atoms with Crippen molar-refractivity contribution in [2.75, 3.05) is 12.4 Å². The number of anilines is 1. The number of rotatable bonds is 3. The van der Waals surface area contributed by atoms with Crippen molar-refractivity contribution in [3.05, 3.63) is 57.5 Å². The molecule has 1 aromatic carbocycles. The van der Waals surface area contributed by atoms with Crippen LogP contribution in [0, 0.1) is 6.92 Å². The number of nitrogens with one attached hydrogen (secondary N) is 1. The van der Waals surface area contributed by atoms with Gasteiger partial charge in [0.1, 0.15) is 11.3 Å². The normalized spacial score (nSPS) is 13.8. The first-order chi connectivity index (χ1) is 11.6. The minimum absolute atomic E-state index is 0.101. The number of carbonyl (C=O) groups excluding carboxylic acids is 1. The largest absolute Gasteiger partial charge is 0.496 e. The van der Waals surface area contributed by atoms with Crippen molar-refractivity contribution in [1.82, 2.24) is 4.57 Å². The number of amides is 1. The molecule has 0 spiro atoms. The molecular weight excluding hydrogens is 304 g/mol. The molecule has 0 bridgehead atoms. The van der Waals surface area contributed by atoms with Crippen molar-refractivity contribution in [3.8, 4) is 5.75 Å². The molecule has 24 heavy (non-hydrogen) atoms. The fourth-order valence-electron chi connectivity index (χ4n) is 3.22. The zero-order valence-electron chi connectivity index (χ0n) is 14.1. The Hall–Kier alpha value is -2.56. The monoisotopic (exact) mass is 326 g/mol. The third-order valence-corrected chi connectivity index (χ3v) is 4.52. The second-order valence-corrected chi connectivity index (χ2v) is 6.10. The molecule has 1 aromatic heterocycles. The fourth-order valence-corrected chi connectivity index (χ4v) is 3.22. The summed E-state index contributed by atoms with van der Waals surface area (Å²) in [7, 11) is 1.49. The van der Waals surface area contributed by atoms with Gasteiger partial charge in [-0.2, -0.15) is 0 Å². The van der Waals surface area contributed by atoms with Crippen LogP contribution in [0.4, 0.5) is 5.69 Å². The average molecular weight is 326 g/mol. The van der Waals surface area contributed by atoms with Crippen LogP contribution in [-0.2, 0) is 13.0 Å². The first kappa shape index (κ1) is 16.3. The summed E-state index contributed by atoms with van der Waals surface area (Å²) in [5.41, 5.74) is 2.91. The topological polar surface area (TPSA) is 60.3 Å². The molecular formula is C19H22N2O3. The van der Waals surface area contributed by atoms with Gasteiger partial charge in [-0.1, -0.05) is 24.6 Å². The van der Waals surface area contributed by atoms with E-state index in [1.807, 2.05) is 31.2 Å². The van der Waals surface area contributed by atoms with Crippen LogP contribution < -0.4 is 15.6 Å². The highest BCUT2D eigenvalue weighted by atomic mass is 16.5. The van der Waals surface area contributed by atoms with Gasteiger partial charge >= 0.3 is 0 Å². The summed E-state index contributed by atoms with van der Waals surface area (Å²) in [5.74, 6) is 0.117. The maximum absolute atomic E-state index is 12.9. The number of fused-ring (bicyclic) bond motifs is 1. The van der Waals surface area contributed by atoms with Crippen molar-refractivity contribution in [2.45, 2.75) is 39.2 Å². The van der Waals surface area contributed by atoms with Crippen LogP contribution in [0.3, 0.4) is 0 Å². The number of hydrogen-bond acceptors (Lipinski definition) is 3. The number of nitrogens with zero attached hydrogens (tertiary/aromatic N) is 1. The van der Waals surface area contributed by atoms with E-state index in [0.717, 1.165) is 36.2 Å². The molecule has 2 heterocycles. The zero-order valence-corrected chi connectivity index (χ0v) is 14.1. The molecule has 1 aliphatic heterocycles. The van der Waals surface area contributed by atoms with E-state index in [0.29, 0.717) is 24.3 Å². The number of para-hydroxylation sites is 1. The summed E-state index contributed by atoms with van der Waals surface area (Å²) in [6.45, 7) is 2.60. The van der Waals surface area contributed by atoms with E-state index >= 15 is 0 Å². The maximum Gasteiger partial charge on any atom is 0.261 e. The molecule has 0 radical (unpaired) electrons. The highest BCUT2D eigenvalue weighted by Crippen LogP contribution is 2.26. The molecule has 3 rings (SSSR count). The Kier molecular flexibility index (Phi) is 4.69. The van der Waals surface area contributed by atoms with E-state index in [2.05, 4.69) is 5.32 Å². The van der Waals surface area contributed by atoms with Gasteiger partial charge in [-0.05, 0) is 37.8 Å². The number of aryl methyl sites for hydroxylation is 1. The van der Waals surface area contributed by atoms with Crippen LogP contribution in [-0.4, -0.2) is 17.6 Å². The smallest absolute Gasteiger partial charge is 0.261 e. The Bertz CT molecular complexity index is 824. The number of hydrogen-bond donors (Lipinski definition) is 1. The summed E-state index contributed by atoms with van der Waals surface area (Å²) in [6.07, 6.45) is 3.70. The minimum atomic E-state index is -0.230. The van der Waals surface area contributed by atoms with Crippen molar-refractivity contribution < 1.29 is 9.53 Å². The number of ether oxygens (including phenoxy) is 1. The SMILES string of the molecule is COc1cc(=O)n2c(c1C(=O)Nc1ccccc1C)CCCCC2. The summed E-state index contributed by atoms with van der Waals surface area (Å²) in [4.78, 5) is 25.3. The fraction of sp³-hybridized carbons (Fsp3) is 0.368. The Morgan fingerprint density at radius 3 is 2.75 bits per heavy atom. The lowest BCUT2D eigenvalue weighted by molar-refractivity contribution is 0.102.